The molecule has 1 aromatic carbocycles. The van der Waals surface area contributed by atoms with Crippen molar-refractivity contribution in [3.05, 3.63) is 28.7 Å². The maximum atomic E-state index is 12.0. The number of aromatic amines is 1. The van der Waals surface area contributed by atoms with E-state index in [4.69, 9.17) is 0 Å². The molecule has 0 aliphatic carbocycles. The predicted octanol–water partition coefficient (Wildman–Crippen LogP) is 2.10. The molecule has 0 spiro atoms. The van der Waals surface area contributed by atoms with Gasteiger partial charge in [-0.2, -0.15) is 11.8 Å². The molecule has 2 heterocycles. The Morgan fingerprint density at radius 3 is 2.88 bits per heavy atom. The molecule has 1 saturated heterocycles. The van der Waals surface area contributed by atoms with Crippen molar-refractivity contribution in [2.75, 3.05) is 11.5 Å². The van der Waals surface area contributed by atoms with Crippen molar-refractivity contribution in [1.29, 1.82) is 0 Å². The number of aromatic nitrogens is 2. The van der Waals surface area contributed by atoms with E-state index in [1.807, 2.05) is 17.8 Å². The van der Waals surface area contributed by atoms with Crippen molar-refractivity contribution in [3.63, 3.8) is 0 Å². The molecule has 4 nitrogen and oxygen atoms in total. The molecule has 17 heavy (non-hydrogen) atoms. The van der Waals surface area contributed by atoms with Gasteiger partial charge in [0, 0.05) is 6.04 Å². The number of phenols is 1. The zero-order chi connectivity index (χ0) is 11.8. The number of nitrogens with zero attached hydrogens (tertiary/aromatic N) is 1. The van der Waals surface area contributed by atoms with Crippen LogP contribution in [0.15, 0.2) is 23.0 Å². The molecular weight excluding hydrogens is 236 g/mol. The minimum Gasteiger partial charge on any atom is -0.506 e. The van der Waals surface area contributed by atoms with Crippen LogP contribution >= 0.6 is 11.8 Å². The van der Waals surface area contributed by atoms with Crippen molar-refractivity contribution in [2.24, 2.45) is 0 Å². The number of fused-ring (bicyclic) bond motifs is 1. The molecule has 90 valence electrons. The third kappa shape index (κ3) is 1.74. The molecular formula is C12H14N2O2S. The molecule has 1 aliphatic rings. The van der Waals surface area contributed by atoms with Gasteiger partial charge in [0.05, 0.1) is 5.52 Å². The number of nitrogens with one attached hydrogen (secondary N) is 1. The molecule has 0 amide bonds. The number of H-pyrrole nitrogens is 1. The largest absolute Gasteiger partial charge is 0.506 e. The van der Waals surface area contributed by atoms with Gasteiger partial charge in [-0.1, -0.05) is 6.07 Å². The van der Waals surface area contributed by atoms with E-state index in [1.54, 1.807) is 16.7 Å². The Kier molecular flexibility index (Phi) is 2.63. The second-order valence-corrected chi connectivity index (χ2v) is 5.54. The summed E-state index contributed by atoms with van der Waals surface area (Å²) in [5, 5.41) is 9.91. The van der Waals surface area contributed by atoms with Crippen molar-refractivity contribution in [1.82, 2.24) is 9.55 Å². The summed E-state index contributed by atoms with van der Waals surface area (Å²) >= 11 is 1.92. The van der Waals surface area contributed by atoms with E-state index in [-0.39, 0.29) is 17.5 Å². The van der Waals surface area contributed by atoms with Gasteiger partial charge in [0.2, 0.25) is 0 Å². The fourth-order valence-electron chi connectivity index (χ4n) is 2.45. The SMILES string of the molecule is O=c1[nH]c2cccc(O)c2n1C1CCSCC1. The molecule has 0 bridgehead atoms. The van der Waals surface area contributed by atoms with Crippen LogP contribution < -0.4 is 5.69 Å². The summed E-state index contributed by atoms with van der Waals surface area (Å²) in [6, 6.07) is 5.41. The first-order chi connectivity index (χ1) is 8.27. The Bertz CT molecular complexity index is 596. The van der Waals surface area contributed by atoms with Gasteiger partial charge in [-0.05, 0) is 36.5 Å². The van der Waals surface area contributed by atoms with E-state index in [9.17, 15) is 9.90 Å². The molecule has 5 heteroatoms. The first kappa shape index (κ1) is 10.8. The highest BCUT2D eigenvalue weighted by Gasteiger charge is 2.21. The summed E-state index contributed by atoms with van der Waals surface area (Å²) < 4.78 is 1.73. The third-order valence-electron chi connectivity index (χ3n) is 3.27. The maximum absolute atomic E-state index is 12.0. The number of para-hydroxylation sites is 1. The number of phenolic OH excluding ortho intramolecular Hbond substituents is 1. The third-order valence-corrected chi connectivity index (χ3v) is 4.32. The highest BCUT2D eigenvalue weighted by atomic mass is 32.2. The maximum Gasteiger partial charge on any atom is 0.326 e. The normalized spacial score (nSPS) is 17.6. The first-order valence-electron chi connectivity index (χ1n) is 5.77. The molecule has 1 aliphatic heterocycles. The molecule has 2 N–H and O–H groups in total. The second-order valence-electron chi connectivity index (χ2n) is 4.32. The number of hydrogen-bond donors (Lipinski definition) is 2. The monoisotopic (exact) mass is 250 g/mol. The van der Waals surface area contributed by atoms with E-state index in [0.29, 0.717) is 11.0 Å². The average molecular weight is 250 g/mol. The van der Waals surface area contributed by atoms with Crippen LogP contribution in [0.5, 0.6) is 5.75 Å². The molecule has 0 radical (unpaired) electrons. The summed E-state index contributed by atoms with van der Waals surface area (Å²) in [4.78, 5) is 14.8. The standard InChI is InChI=1S/C12H14N2O2S/c15-10-3-1-2-9-11(10)14(12(16)13-9)8-4-6-17-7-5-8/h1-3,8,15H,4-7H2,(H,13,16). The van der Waals surface area contributed by atoms with Gasteiger partial charge in [-0.25, -0.2) is 4.79 Å². The van der Waals surface area contributed by atoms with E-state index >= 15 is 0 Å². The zero-order valence-electron chi connectivity index (χ0n) is 9.35. The molecule has 1 aromatic heterocycles. The Morgan fingerprint density at radius 2 is 2.12 bits per heavy atom. The van der Waals surface area contributed by atoms with Crippen LogP contribution in [0, 0.1) is 0 Å². The fourth-order valence-corrected chi connectivity index (χ4v) is 3.54. The van der Waals surface area contributed by atoms with Crippen LogP contribution in [-0.4, -0.2) is 26.2 Å². The average Bonchev–Trinajstić information content (AvgIpc) is 2.68. The fraction of sp³-hybridized carbons (Fsp3) is 0.417. The number of hydrogen-bond acceptors (Lipinski definition) is 3. The van der Waals surface area contributed by atoms with Crippen LogP contribution in [0.4, 0.5) is 0 Å². The van der Waals surface area contributed by atoms with Gasteiger partial charge in [-0.15, -0.1) is 0 Å². The molecule has 0 saturated carbocycles. The summed E-state index contributed by atoms with van der Waals surface area (Å²) in [6.07, 6.45) is 1.98. The number of rotatable bonds is 1. The van der Waals surface area contributed by atoms with E-state index in [2.05, 4.69) is 4.98 Å². The van der Waals surface area contributed by atoms with E-state index in [1.165, 1.54) is 0 Å². The lowest BCUT2D eigenvalue weighted by Crippen LogP contribution is -2.25. The summed E-state index contributed by atoms with van der Waals surface area (Å²) in [6.45, 7) is 0. The summed E-state index contributed by atoms with van der Waals surface area (Å²) in [5.74, 6) is 2.34. The van der Waals surface area contributed by atoms with Crippen molar-refractivity contribution in [2.45, 2.75) is 18.9 Å². The predicted molar refractivity (Wildman–Crippen MR) is 69.8 cm³/mol. The van der Waals surface area contributed by atoms with Crippen LogP contribution in [-0.2, 0) is 0 Å². The van der Waals surface area contributed by atoms with Crippen molar-refractivity contribution >= 4 is 22.8 Å². The van der Waals surface area contributed by atoms with Gasteiger partial charge in [0.15, 0.2) is 0 Å². The summed E-state index contributed by atoms with van der Waals surface area (Å²) in [5.41, 5.74) is 1.25. The van der Waals surface area contributed by atoms with Crippen molar-refractivity contribution in [3.8, 4) is 5.75 Å². The van der Waals surface area contributed by atoms with Crippen LogP contribution in [0.3, 0.4) is 0 Å². The van der Waals surface area contributed by atoms with Crippen LogP contribution in [0.1, 0.15) is 18.9 Å². The highest BCUT2D eigenvalue weighted by molar-refractivity contribution is 7.99. The van der Waals surface area contributed by atoms with Gasteiger partial charge in [0.25, 0.3) is 0 Å². The molecule has 1 fully saturated rings. The quantitative estimate of drug-likeness (QED) is 0.815. The number of imidazole rings is 1. The van der Waals surface area contributed by atoms with E-state index in [0.717, 1.165) is 24.3 Å². The van der Waals surface area contributed by atoms with E-state index < -0.39 is 0 Å². The Morgan fingerprint density at radius 1 is 1.35 bits per heavy atom. The van der Waals surface area contributed by atoms with Gasteiger partial charge < -0.3 is 10.1 Å². The topological polar surface area (TPSA) is 58.0 Å². The minimum absolute atomic E-state index is 0.113. The Balaban J connectivity index is 2.20. The van der Waals surface area contributed by atoms with Gasteiger partial charge in [0.1, 0.15) is 11.3 Å². The molecule has 3 rings (SSSR count). The molecule has 0 unspecified atom stereocenters. The smallest absolute Gasteiger partial charge is 0.326 e. The lowest BCUT2D eigenvalue weighted by molar-refractivity contribution is 0.449. The second kappa shape index (κ2) is 4.14. The van der Waals surface area contributed by atoms with Gasteiger partial charge >= 0.3 is 5.69 Å². The first-order valence-corrected chi connectivity index (χ1v) is 6.93. The number of aromatic hydroxyl groups is 1. The Labute approximate surface area is 103 Å². The lowest BCUT2D eigenvalue weighted by Gasteiger charge is -2.22. The number of benzene rings is 1. The van der Waals surface area contributed by atoms with Crippen LogP contribution in [0.25, 0.3) is 11.0 Å². The van der Waals surface area contributed by atoms with Gasteiger partial charge in [-0.3, -0.25) is 4.57 Å². The minimum atomic E-state index is -0.113. The molecule has 0 atom stereocenters. The highest BCUT2D eigenvalue weighted by Crippen LogP contribution is 2.31. The van der Waals surface area contributed by atoms with Crippen LogP contribution in [0.2, 0.25) is 0 Å². The summed E-state index contributed by atoms with van der Waals surface area (Å²) in [7, 11) is 0. The zero-order valence-corrected chi connectivity index (χ0v) is 10.2. The molecule has 2 aromatic rings. The lowest BCUT2D eigenvalue weighted by atomic mass is 10.1. The van der Waals surface area contributed by atoms with Crippen molar-refractivity contribution < 1.29 is 5.11 Å². The Hall–Kier alpha value is -1.36. The number of thioether (sulfide) groups is 1.